The monoisotopic (exact) mass is 409 g/mol. The van der Waals surface area contributed by atoms with Crippen molar-refractivity contribution >= 4 is 17.6 Å². The Hall–Kier alpha value is -3.22. The maximum Gasteiger partial charge on any atom is 0.242 e. The van der Waals surface area contributed by atoms with Gasteiger partial charge in [-0.25, -0.2) is 4.99 Å². The molecule has 1 amide bonds. The molecule has 1 heterocycles. The van der Waals surface area contributed by atoms with Crippen LogP contribution in [0.2, 0.25) is 0 Å². The summed E-state index contributed by atoms with van der Waals surface area (Å²) >= 11 is 0. The molecule has 3 rings (SSSR count). The molecule has 2 aromatic rings. The van der Waals surface area contributed by atoms with Gasteiger partial charge in [-0.2, -0.15) is 0 Å². The fourth-order valence-electron chi connectivity index (χ4n) is 3.42. The molecule has 0 radical (unpaired) electrons. The van der Waals surface area contributed by atoms with Crippen molar-refractivity contribution in [1.82, 2.24) is 16.0 Å². The number of rotatable bonds is 8. The van der Waals surface area contributed by atoms with Crippen molar-refractivity contribution in [1.29, 1.82) is 0 Å². The zero-order valence-electron chi connectivity index (χ0n) is 17.7. The Bertz CT molecular complexity index is 823. The number of para-hydroxylation sites is 1. The van der Waals surface area contributed by atoms with E-state index in [1.165, 1.54) is 5.69 Å². The number of carbonyl (C=O) groups is 1. The number of amides is 1. The van der Waals surface area contributed by atoms with Gasteiger partial charge >= 0.3 is 0 Å². The lowest BCUT2D eigenvalue weighted by Gasteiger charge is -2.20. The third-order valence-corrected chi connectivity index (χ3v) is 5.02. The van der Waals surface area contributed by atoms with Crippen LogP contribution in [-0.4, -0.2) is 51.2 Å². The minimum atomic E-state index is -0.111. The number of methoxy groups -OCH3 is 1. The van der Waals surface area contributed by atoms with Gasteiger partial charge in [-0.05, 0) is 43.2 Å². The predicted molar refractivity (Wildman–Crippen MR) is 121 cm³/mol. The summed E-state index contributed by atoms with van der Waals surface area (Å²) in [4.78, 5) is 19.0. The summed E-state index contributed by atoms with van der Waals surface area (Å²) in [5.41, 5.74) is 2.26. The molecule has 0 bridgehead atoms. The van der Waals surface area contributed by atoms with Crippen molar-refractivity contribution < 1.29 is 9.53 Å². The van der Waals surface area contributed by atoms with E-state index in [4.69, 9.17) is 4.74 Å². The smallest absolute Gasteiger partial charge is 0.242 e. The van der Waals surface area contributed by atoms with Crippen LogP contribution < -0.4 is 25.6 Å². The maximum absolute atomic E-state index is 12.2. The summed E-state index contributed by atoms with van der Waals surface area (Å²) in [6.07, 6.45) is 1.03. The molecule has 2 aromatic carbocycles. The van der Waals surface area contributed by atoms with E-state index >= 15 is 0 Å². The number of ether oxygens (including phenoxy) is 1. The molecule has 7 heteroatoms. The van der Waals surface area contributed by atoms with E-state index < -0.39 is 0 Å². The van der Waals surface area contributed by atoms with Gasteiger partial charge in [0.25, 0.3) is 0 Å². The van der Waals surface area contributed by atoms with Gasteiger partial charge in [0, 0.05) is 37.9 Å². The molecular formula is C23H31N5O2. The van der Waals surface area contributed by atoms with Crippen LogP contribution in [0.15, 0.2) is 59.6 Å². The highest BCUT2D eigenvalue weighted by molar-refractivity contribution is 5.85. The number of guanidine groups is 1. The number of nitrogens with zero attached hydrogens (tertiary/aromatic N) is 2. The molecule has 0 aromatic heterocycles. The largest absolute Gasteiger partial charge is 0.497 e. The van der Waals surface area contributed by atoms with Crippen LogP contribution in [0, 0.1) is 0 Å². The molecule has 30 heavy (non-hydrogen) atoms. The molecule has 0 aliphatic carbocycles. The number of hydrogen-bond acceptors (Lipinski definition) is 4. The lowest BCUT2D eigenvalue weighted by atomic mass is 10.2. The van der Waals surface area contributed by atoms with Crippen molar-refractivity contribution in [3.63, 3.8) is 0 Å². The van der Waals surface area contributed by atoms with Gasteiger partial charge in [0.2, 0.25) is 5.91 Å². The Labute approximate surface area is 178 Å². The highest BCUT2D eigenvalue weighted by Crippen LogP contribution is 2.19. The number of nitrogens with one attached hydrogen (secondary N) is 3. The summed E-state index contributed by atoms with van der Waals surface area (Å²) in [6, 6.07) is 18.4. The molecule has 1 atom stereocenters. The lowest BCUT2D eigenvalue weighted by molar-refractivity contribution is -0.119. The van der Waals surface area contributed by atoms with Gasteiger partial charge in [0.15, 0.2) is 5.96 Å². The van der Waals surface area contributed by atoms with Crippen LogP contribution in [0.4, 0.5) is 5.69 Å². The van der Waals surface area contributed by atoms with Crippen LogP contribution in [-0.2, 0) is 11.3 Å². The van der Waals surface area contributed by atoms with Crippen molar-refractivity contribution in [3.8, 4) is 5.75 Å². The van der Waals surface area contributed by atoms with Gasteiger partial charge in [-0.15, -0.1) is 0 Å². The first kappa shape index (κ1) is 21.5. The summed E-state index contributed by atoms with van der Waals surface area (Å²) in [7, 11) is 1.63. The Morgan fingerprint density at radius 1 is 1.13 bits per heavy atom. The van der Waals surface area contributed by atoms with Gasteiger partial charge in [-0.3, -0.25) is 4.79 Å². The molecule has 160 valence electrons. The Balaban J connectivity index is 1.47. The SMILES string of the molecule is CCNC(=NCC(=O)NCc1ccc(OC)cc1)NC1CCN(c2ccccc2)C1. The molecule has 0 saturated carbocycles. The fraction of sp³-hybridized carbons (Fsp3) is 0.391. The van der Waals surface area contributed by atoms with Gasteiger partial charge in [0.05, 0.1) is 7.11 Å². The zero-order valence-corrected chi connectivity index (χ0v) is 17.7. The van der Waals surface area contributed by atoms with Crippen LogP contribution in [0.25, 0.3) is 0 Å². The van der Waals surface area contributed by atoms with E-state index in [-0.39, 0.29) is 12.5 Å². The standard InChI is InChI=1S/C23H31N5O2/c1-3-24-23(27-19-13-14-28(17-19)20-7-5-4-6-8-20)26-16-22(29)25-15-18-9-11-21(30-2)12-10-18/h4-12,19H,3,13-17H2,1-2H3,(H,25,29)(H2,24,26,27). The Morgan fingerprint density at radius 3 is 2.60 bits per heavy atom. The van der Waals surface area contributed by atoms with E-state index in [1.54, 1.807) is 7.11 Å². The highest BCUT2D eigenvalue weighted by atomic mass is 16.5. The molecule has 3 N–H and O–H groups in total. The third-order valence-electron chi connectivity index (χ3n) is 5.02. The lowest BCUT2D eigenvalue weighted by Crippen LogP contribution is -2.45. The van der Waals surface area contributed by atoms with E-state index in [0.29, 0.717) is 18.5 Å². The first-order valence-electron chi connectivity index (χ1n) is 10.4. The van der Waals surface area contributed by atoms with E-state index in [1.807, 2.05) is 37.3 Å². The first-order chi connectivity index (χ1) is 14.7. The molecule has 7 nitrogen and oxygen atoms in total. The van der Waals surface area contributed by atoms with Crippen LogP contribution in [0.3, 0.4) is 0 Å². The predicted octanol–water partition coefficient (Wildman–Crippen LogP) is 2.15. The maximum atomic E-state index is 12.2. The van der Waals surface area contributed by atoms with E-state index in [9.17, 15) is 4.79 Å². The second-order valence-electron chi connectivity index (χ2n) is 7.23. The number of carbonyl (C=O) groups excluding carboxylic acids is 1. The molecule has 0 spiro atoms. The summed E-state index contributed by atoms with van der Waals surface area (Å²) in [5, 5.41) is 9.60. The van der Waals surface area contributed by atoms with Crippen LogP contribution >= 0.6 is 0 Å². The fourth-order valence-corrected chi connectivity index (χ4v) is 3.42. The van der Waals surface area contributed by atoms with Gasteiger partial charge < -0.3 is 25.6 Å². The number of benzene rings is 2. The quantitative estimate of drug-likeness (QED) is 0.460. The van der Waals surface area contributed by atoms with Gasteiger partial charge in [0.1, 0.15) is 12.3 Å². The topological polar surface area (TPSA) is 78.0 Å². The summed E-state index contributed by atoms with van der Waals surface area (Å²) in [6.45, 7) is 5.24. The number of aliphatic imine (C=N–C) groups is 1. The molecular weight excluding hydrogens is 378 g/mol. The second-order valence-corrected chi connectivity index (χ2v) is 7.23. The average molecular weight is 410 g/mol. The second kappa shape index (κ2) is 11.1. The van der Waals surface area contributed by atoms with Crippen molar-refractivity contribution in [2.45, 2.75) is 25.9 Å². The van der Waals surface area contributed by atoms with Crippen LogP contribution in [0.5, 0.6) is 5.75 Å². The summed E-state index contributed by atoms with van der Waals surface area (Å²) < 4.78 is 5.15. The van der Waals surface area contributed by atoms with Gasteiger partial charge in [-0.1, -0.05) is 30.3 Å². The zero-order chi connectivity index (χ0) is 21.2. The Morgan fingerprint density at radius 2 is 1.90 bits per heavy atom. The third kappa shape index (κ3) is 6.40. The van der Waals surface area contributed by atoms with Crippen molar-refractivity contribution in [2.75, 3.05) is 38.2 Å². The molecule has 1 saturated heterocycles. The minimum absolute atomic E-state index is 0.0839. The molecule has 1 unspecified atom stereocenters. The highest BCUT2D eigenvalue weighted by Gasteiger charge is 2.23. The van der Waals surface area contributed by atoms with Crippen LogP contribution in [0.1, 0.15) is 18.9 Å². The first-order valence-corrected chi connectivity index (χ1v) is 10.4. The number of hydrogen-bond donors (Lipinski definition) is 3. The van der Waals surface area contributed by atoms with Crippen molar-refractivity contribution in [3.05, 3.63) is 60.2 Å². The number of anilines is 1. The van der Waals surface area contributed by atoms with E-state index in [2.05, 4.69) is 50.1 Å². The summed E-state index contributed by atoms with van der Waals surface area (Å²) in [5.74, 6) is 1.37. The molecule has 1 fully saturated rings. The van der Waals surface area contributed by atoms with Crippen molar-refractivity contribution in [2.24, 2.45) is 4.99 Å². The minimum Gasteiger partial charge on any atom is -0.497 e. The molecule has 1 aliphatic rings. The Kier molecular flexibility index (Phi) is 7.94. The van der Waals surface area contributed by atoms with E-state index in [0.717, 1.165) is 37.4 Å². The average Bonchev–Trinajstić information content (AvgIpc) is 3.25. The normalized spacial score (nSPS) is 16.3. The molecule has 1 aliphatic heterocycles.